The van der Waals surface area contributed by atoms with E-state index in [0.717, 1.165) is 38.1 Å². The first-order valence-corrected chi connectivity index (χ1v) is 6.87. The summed E-state index contributed by atoms with van der Waals surface area (Å²) in [5, 5.41) is 2.78. The van der Waals surface area contributed by atoms with Gasteiger partial charge in [-0.05, 0) is 29.3 Å². The van der Waals surface area contributed by atoms with Crippen LogP contribution >= 0.6 is 11.6 Å². The van der Waals surface area contributed by atoms with Gasteiger partial charge >= 0.3 is 0 Å². The molecule has 0 saturated heterocycles. The highest BCUT2D eigenvalue weighted by Crippen LogP contribution is 2.37. The van der Waals surface area contributed by atoms with Crippen LogP contribution in [0.4, 0.5) is 0 Å². The molecule has 96 valence electrons. The average molecular weight is 279 g/mol. The normalized spacial score (nSPS) is 11.2. The van der Waals surface area contributed by atoms with Gasteiger partial charge in [-0.15, -0.1) is 0 Å². The van der Waals surface area contributed by atoms with Crippen LogP contribution < -0.4 is 0 Å². The molecule has 0 aliphatic carbocycles. The smallest absolute Gasteiger partial charge is 0.137 e. The van der Waals surface area contributed by atoms with E-state index < -0.39 is 0 Å². The third kappa shape index (κ3) is 1.71. The summed E-state index contributed by atoms with van der Waals surface area (Å²) < 4.78 is 5.91. The first-order chi connectivity index (χ1) is 9.83. The molecular weight excluding hydrogens is 268 g/mol. The third-order valence-electron chi connectivity index (χ3n) is 3.54. The Hall–Kier alpha value is -2.25. The van der Waals surface area contributed by atoms with Gasteiger partial charge in [0.2, 0.25) is 0 Å². The van der Waals surface area contributed by atoms with Crippen molar-refractivity contribution in [2.45, 2.75) is 0 Å². The highest BCUT2D eigenvalue weighted by atomic mass is 35.5. The van der Waals surface area contributed by atoms with Gasteiger partial charge in [-0.1, -0.05) is 60.1 Å². The number of halogens is 1. The monoisotopic (exact) mass is 278 g/mol. The lowest BCUT2D eigenvalue weighted by atomic mass is 10.0. The van der Waals surface area contributed by atoms with E-state index in [4.69, 9.17) is 16.0 Å². The van der Waals surface area contributed by atoms with Crippen molar-refractivity contribution in [2.75, 3.05) is 0 Å². The first-order valence-electron chi connectivity index (χ1n) is 6.49. The Kier molecular flexibility index (Phi) is 2.54. The van der Waals surface area contributed by atoms with Gasteiger partial charge in [-0.3, -0.25) is 0 Å². The SMILES string of the molecule is Clc1cc(-c2ccccc2)cc2oc3ccccc3c12. The molecule has 1 nitrogen and oxygen atoms in total. The number of hydrogen-bond donors (Lipinski definition) is 0. The molecule has 0 fully saturated rings. The molecule has 4 rings (SSSR count). The predicted molar refractivity (Wildman–Crippen MR) is 84.2 cm³/mol. The van der Waals surface area contributed by atoms with E-state index >= 15 is 0 Å². The van der Waals surface area contributed by atoms with Crippen LogP contribution in [0.5, 0.6) is 0 Å². The summed E-state index contributed by atoms with van der Waals surface area (Å²) in [5.74, 6) is 0. The van der Waals surface area contributed by atoms with Crippen LogP contribution in [0, 0.1) is 0 Å². The van der Waals surface area contributed by atoms with Gasteiger partial charge in [0.25, 0.3) is 0 Å². The molecule has 0 aliphatic rings. The quantitative estimate of drug-likeness (QED) is 0.422. The maximum atomic E-state index is 6.47. The molecule has 3 aromatic carbocycles. The van der Waals surface area contributed by atoms with Crippen LogP contribution in [0.2, 0.25) is 5.02 Å². The van der Waals surface area contributed by atoms with E-state index in [2.05, 4.69) is 18.2 Å². The number of hydrogen-bond acceptors (Lipinski definition) is 1. The Morgan fingerprint density at radius 3 is 2.30 bits per heavy atom. The number of rotatable bonds is 1. The van der Waals surface area contributed by atoms with Gasteiger partial charge in [-0.25, -0.2) is 0 Å². The van der Waals surface area contributed by atoms with Gasteiger partial charge in [0.1, 0.15) is 11.2 Å². The van der Waals surface area contributed by atoms with Crippen molar-refractivity contribution >= 4 is 33.5 Å². The minimum Gasteiger partial charge on any atom is -0.456 e. The Balaban J connectivity index is 2.06. The standard InChI is InChI=1S/C18H11ClO/c19-15-10-13(12-6-2-1-3-7-12)11-17-18(15)14-8-4-5-9-16(14)20-17/h1-11H. The Morgan fingerprint density at radius 2 is 1.45 bits per heavy atom. The Labute approximate surface area is 121 Å². The number of benzene rings is 3. The lowest BCUT2D eigenvalue weighted by Gasteiger charge is -2.03. The zero-order chi connectivity index (χ0) is 13.5. The molecule has 0 spiro atoms. The fraction of sp³-hybridized carbons (Fsp3) is 0. The summed E-state index contributed by atoms with van der Waals surface area (Å²) in [7, 11) is 0. The zero-order valence-electron chi connectivity index (χ0n) is 10.6. The van der Waals surface area contributed by atoms with Crippen LogP contribution in [0.3, 0.4) is 0 Å². The molecule has 0 saturated carbocycles. The molecule has 4 aromatic rings. The summed E-state index contributed by atoms with van der Waals surface area (Å²) in [6.45, 7) is 0. The fourth-order valence-electron chi connectivity index (χ4n) is 2.60. The molecule has 20 heavy (non-hydrogen) atoms. The van der Waals surface area contributed by atoms with Gasteiger partial charge in [0.05, 0.1) is 5.02 Å². The maximum Gasteiger partial charge on any atom is 0.137 e. The van der Waals surface area contributed by atoms with Crippen LogP contribution in [0.25, 0.3) is 33.1 Å². The summed E-state index contributed by atoms with van der Waals surface area (Å²) in [5.41, 5.74) is 3.91. The maximum absolute atomic E-state index is 6.47. The van der Waals surface area contributed by atoms with Crippen molar-refractivity contribution in [3.05, 3.63) is 71.8 Å². The van der Waals surface area contributed by atoms with E-state index in [1.165, 1.54) is 0 Å². The van der Waals surface area contributed by atoms with Gasteiger partial charge in [0.15, 0.2) is 0 Å². The largest absolute Gasteiger partial charge is 0.456 e. The molecule has 0 bridgehead atoms. The van der Waals surface area contributed by atoms with Gasteiger partial charge in [0, 0.05) is 10.8 Å². The topological polar surface area (TPSA) is 13.1 Å². The first kappa shape index (κ1) is 11.6. The minimum atomic E-state index is 0.728. The summed E-state index contributed by atoms with van der Waals surface area (Å²) in [6.07, 6.45) is 0. The number of fused-ring (bicyclic) bond motifs is 3. The van der Waals surface area contributed by atoms with E-state index in [-0.39, 0.29) is 0 Å². The van der Waals surface area contributed by atoms with Crippen LogP contribution in [-0.2, 0) is 0 Å². The van der Waals surface area contributed by atoms with Crippen molar-refractivity contribution in [2.24, 2.45) is 0 Å². The Bertz CT molecular complexity index is 907. The molecule has 1 aromatic heterocycles. The van der Waals surface area contributed by atoms with Gasteiger partial charge < -0.3 is 4.42 Å². The lowest BCUT2D eigenvalue weighted by molar-refractivity contribution is 0.669. The van der Waals surface area contributed by atoms with Crippen LogP contribution in [-0.4, -0.2) is 0 Å². The Morgan fingerprint density at radius 1 is 0.700 bits per heavy atom. The molecule has 0 atom stereocenters. The van der Waals surface area contributed by atoms with Crippen LogP contribution in [0.1, 0.15) is 0 Å². The van der Waals surface area contributed by atoms with Crippen molar-refractivity contribution in [1.29, 1.82) is 0 Å². The fourth-order valence-corrected chi connectivity index (χ4v) is 2.91. The summed E-state index contributed by atoms with van der Waals surface area (Å²) in [6, 6.07) is 22.2. The third-order valence-corrected chi connectivity index (χ3v) is 3.84. The van der Waals surface area contributed by atoms with Crippen LogP contribution in [0.15, 0.2) is 71.1 Å². The van der Waals surface area contributed by atoms with E-state index in [9.17, 15) is 0 Å². The second-order valence-electron chi connectivity index (χ2n) is 4.80. The molecule has 2 heteroatoms. The van der Waals surface area contributed by atoms with E-state index in [1.807, 2.05) is 48.5 Å². The molecule has 1 heterocycles. The molecule has 0 unspecified atom stereocenters. The number of para-hydroxylation sites is 1. The van der Waals surface area contributed by atoms with Crippen molar-refractivity contribution < 1.29 is 4.42 Å². The summed E-state index contributed by atoms with van der Waals surface area (Å²) >= 11 is 6.47. The molecule has 0 N–H and O–H groups in total. The van der Waals surface area contributed by atoms with Crippen molar-refractivity contribution in [3.63, 3.8) is 0 Å². The second-order valence-corrected chi connectivity index (χ2v) is 5.20. The molecule has 0 radical (unpaired) electrons. The zero-order valence-corrected chi connectivity index (χ0v) is 11.4. The average Bonchev–Trinajstić information content (AvgIpc) is 2.87. The van der Waals surface area contributed by atoms with E-state index in [1.54, 1.807) is 0 Å². The molecule has 0 amide bonds. The predicted octanol–water partition coefficient (Wildman–Crippen LogP) is 5.91. The minimum absolute atomic E-state index is 0.728. The van der Waals surface area contributed by atoms with Gasteiger partial charge in [-0.2, -0.15) is 0 Å². The molecular formula is C18H11ClO. The lowest BCUT2D eigenvalue weighted by Crippen LogP contribution is -1.78. The highest BCUT2D eigenvalue weighted by Gasteiger charge is 2.11. The number of furan rings is 1. The van der Waals surface area contributed by atoms with Crippen molar-refractivity contribution in [3.8, 4) is 11.1 Å². The second kappa shape index (κ2) is 4.39. The van der Waals surface area contributed by atoms with E-state index in [0.29, 0.717) is 0 Å². The highest BCUT2D eigenvalue weighted by molar-refractivity contribution is 6.38. The van der Waals surface area contributed by atoms with Crippen molar-refractivity contribution in [1.82, 2.24) is 0 Å². The molecule has 0 aliphatic heterocycles. The summed E-state index contributed by atoms with van der Waals surface area (Å²) in [4.78, 5) is 0.